The highest BCUT2D eigenvalue weighted by atomic mass is 32.2. The lowest BCUT2D eigenvalue weighted by Gasteiger charge is -2.16. The topological polar surface area (TPSA) is 87.5 Å². The van der Waals surface area contributed by atoms with Gasteiger partial charge in [-0.25, -0.2) is 4.98 Å². The maximum atomic E-state index is 12.4. The van der Waals surface area contributed by atoms with Crippen LogP contribution in [0.15, 0.2) is 35.6 Å². The number of rotatable bonds is 4. The van der Waals surface area contributed by atoms with E-state index in [4.69, 9.17) is 0 Å². The number of aromatic hydroxyl groups is 1. The molecule has 2 N–H and O–H groups in total. The highest BCUT2D eigenvalue weighted by molar-refractivity contribution is 7.99. The molecule has 1 saturated heterocycles. The van der Waals surface area contributed by atoms with Gasteiger partial charge < -0.3 is 19.9 Å². The molecule has 1 atom stereocenters. The molecule has 0 aliphatic carbocycles. The molecule has 2 aliphatic heterocycles. The third-order valence-corrected chi connectivity index (χ3v) is 5.40. The van der Waals surface area contributed by atoms with E-state index in [9.17, 15) is 14.7 Å². The van der Waals surface area contributed by atoms with Crippen LogP contribution in [0.2, 0.25) is 0 Å². The van der Waals surface area contributed by atoms with Crippen molar-refractivity contribution in [3.8, 4) is 5.75 Å². The van der Waals surface area contributed by atoms with E-state index in [1.807, 2.05) is 6.20 Å². The van der Waals surface area contributed by atoms with Crippen LogP contribution >= 0.6 is 11.8 Å². The van der Waals surface area contributed by atoms with Gasteiger partial charge in [-0.15, -0.1) is 0 Å². The Morgan fingerprint density at radius 1 is 1.44 bits per heavy atom. The summed E-state index contributed by atoms with van der Waals surface area (Å²) in [6.45, 7) is 1.65. The minimum absolute atomic E-state index is 0.101. The molecule has 2 amide bonds. The van der Waals surface area contributed by atoms with Crippen molar-refractivity contribution in [2.24, 2.45) is 5.92 Å². The zero-order valence-electron chi connectivity index (χ0n) is 13.5. The first-order valence-corrected chi connectivity index (χ1v) is 9.14. The summed E-state index contributed by atoms with van der Waals surface area (Å²) in [5.74, 6) is 0.506. The van der Waals surface area contributed by atoms with Crippen molar-refractivity contribution in [2.75, 3.05) is 17.2 Å². The predicted octanol–water partition coefficient (Wildman–Crippen LogP) is 1.36. The van der Waals surface area contributed by atoms with Crippen LogP contribution in [0.3, 0.4) is 0 Å². The van der Waals surface area contributed by atoms with Crippen LogP contribution in [0.5, 0.6) is 5.75 Å². The summed E-state index contributed by atoms with van der Waals surface area (Å²) in [5.41, 5.74) is 1.45. The Morgan fingerprint density at radius 3 is 3.12 bits per heavy atom. The summed E-state index contributed by atoms with van der Waals surface area (Å²) in [6.07, 6.45) is 2.14. The summed E-state index contributed by atoms with van der Waals surface area (Å²) < 4.78 is 2.09. The van der Waals surface area contributed by atoms with Gasteiger partial charge in [0.25, 0.3) is 0 Å². The number of carbonyl (C=O) groups is 2. The zero-order valence-corrected chi connectivity index (χ0v) is 14.3. The molecule has 130 valence electrons. The number of phenolic OH excluding ortho intramolecular Hbond substituents is 1. The Bertz CT molecular complexity index is 814. The largest absolute Gasteiger partial charge is 0.508 e. The zero-order chi connectivity index (χ0) is 17.4. The number of benzene rings is 1. The number of nitrogens with one attached hydrogen (secondary N) is 1. The predicted molar refractivity (Wildman–Crippen MR) is 93.4 cm³/mol. The minimum Gasteiger partial charge on any atom is -0.508 e. The second-order valence-corrected chi connectivity index (χ2v) is 7.26. The van der Waals surface area contributed by atoms with Crippen molar-refractivity contribution in [3.63, 3.8) is 0 Å². The van der Waals surface area contributed by atoms with Crippen LogP contribution in [-0.4, -0.2) is 38.8 Å². The smallest absolute Gasteiger partial charge is 0.227 e. The van der Waals surface area contributed by atoms with Gasteiger partial charge in [0.15, 0.2) is 5.16 Å². The van der Waals surface area contributed by atoms with Crippen molar-refractivity contribution >= 4 is 29.3 Å². The number of aryl methyl sites for hydroxylation is 1. The monoisotopic (exact) mass is 358 g/mol. The maximum absolute atomic E-state index is 12.4. The average molecular weight is 358 g/mol. The molecular weight excluding hydrogens is 340 g/mol. The Kier molecular flexibility index (Phi) is 4.12. The van der Waals surface area contributed by atoms with E-state index in [1.165, 1.54) is 6.07 Å². The number of phenols is 1. The first-order valence-electron chi connectivity index (χ1n) is 8.16. The van der Waals surface area contributed by atoms with Gasteiger partial charge in [0.1, 0.15) is 5.75 Å². The number of hydrogen-bond donors (Lipinski definition) is 2. The number of thioether (sulfide) groups is 1. The van der Waals surface area contributed by atoms with Gasteiger partial charge in [0, 0.05) is 43.2 Å². The molecule has 4 rings (SSSR count). The van der Waals surface area contributed by atoms with Crippen molar-refractivity contribution < 1.29 is 14.7 Å². The average Bonchev–Trinajstić information content (AvgIpc) is 3.26. The van der Waals surface area contributed by atoms with Gasteiger partial charge in [-0.3, -0.25) is 9.59 Å². The quantitative estimate of drug-likeness (QED) is 0.862. The minimum atomic E-state index is -0.390. The standard InChI is InChI=1S/C17H18N4O3S/c22-14-3-1-2-13(7-14)21-9-11(6-15(21)23)16(24)18-8-12-10-20-4-5-25-17(20)19-12/h1-3,7,10-11,22H,4-6,8-9H2,(H,18,24). The molecule has 1 unspecified atom stereocenters. The Labute approximate surface area is 149 Å². The van der Waals surface area contributed by atoms with Gasteiger partial charge in [0.2, 0.25) is 11.8 Å². The number of fused-ring (bicyclic) bond motifs is 1. The molecule has 0 radical (unpaired) electrons. The van der Waals surface area contributed by atoms with E-state index >= 15 is 0 Å². The second-order valence-electron chi connectivity index (χ2n) is 6.20. The maximum Gasteiger partial charge on any atom is 0.227 e. The van der Waals surface area contributed by atoms with Crippen LogP contribution in [-0.2, 0) is 22.7 Å². The van der Waals surface area contributed by atoms with Crippen LogP contribution in [0.25, 0.3) is 0 Å². The molecule has 0 bridgehead atoms. The van der Waals surface area contributed by atoms with Gasteiger partial charge in [0.05, 0.1) is 18.2 Å². The number of nitrogens with zero attached hydrogens (tertiary/aromatic N) is 3. The molecule has 1 aromatic carbocycles. The van der Waals surface area contributed by atoms with E-state index in [1.54, 1.807) is 34.9 Å². The van der Waals surface area contributed by atoms with Crippen LogP contribution in [0.1, 0.15) is 12.1 Å². The molecule has 1 fully saturated rings. The summed E-state index contributed by atoms with van der Waals surface area (Å²) in [7, 11) is 0. The fraction of sp³-hybridized carbons (Fsp3) is 0.353. The van der Waals surface area contributed by atoms with Gasteiger partial charge in [-0.1, -0.05) is 17.8 Å². The van der Waals surface area contributed by atoms with E-state index in [0.29, 0.717) is 18.8 Å². The summed E-state index contributed by atoms with van der Waals surface area (Å²) in [6, 6.07) is 6.51. The van der Waals surface area contributed by atoms with E-state index < -0.39 is 5.92 Å². The number of imidazole rings is 1. The fourth-order valence-electron chi connectivity index (χ4n) is 3.16. The lowest BCUT2D eigenvalue weighted by atomic mass is 10.1. The lowest BCUT2D eigenvalue weighted by Crippen LogP contribution is -2.32. The summed E-state index contributed by atoms with van der Waals surface area (Å²) in [5, 5.41) is 13.4. The number of anilines is 1. The molecule has 0 saturated carbocycles. The molecule has 2 aliphatic rings. The third-order valence-electron chi connectivity index (χ3n) is 4.43. The van der Waals surface area contributed by atoms with Crippen LogP contribution in [0.4, 0.5) is 5.69 Å². The molecule has 3 heterocycles. The number of amides is 2. The van der Waals surface area contributed by atoms with E-state index in [2.05, 4.69) is 14.9 Å². The fourth-order valence-corrected chi connectivity index (χ4v) is 4.12. The Hall–Kier alpha value is -2.48. The van der Waals surface area contributed by atoms with Gasteiger partial charge in [-0.05, 0) is 12.1 Å². The number of aromatic nitrogens is 2. The van der Waals surface area contributed by atoms with Gasteiger partial charge in [-0.2, -0.15) is 0 Å². The SMILES string of the molecule is O=C(NCc1cn2c(n1)SCC2)C1CC(=O)N(c2cccc(O)c2)C1. The lowest BCUT2D eigenvalue weighted by molar-refractivity contribution is -0.126. The molecule has 25 heavy (non-hydrogen) atoms. The van der Waals surface area contributed by atoms with E-state index in [-0.39, 0.29) is 24.0 Å². The molecule has 1 aromatic heterocycles. The molecule has 7 nitrogen and oxygen atoms in total. The normalized spacial score (nSPS) is 19.3. The van der Waals surface area contributed by atoms with Crippen molar-refractivity contribution in [1.82, 2.24) is 14.9 Å². The first kappa shape index (κ1) is 16.0. The van der Waals surface area contributed by atoms with Crippen molar-refractivity contribution in [1.29, 1.82) is 0 Å². The molecular formula is C17H18N4O3S. The third kappa shape index (κ3) is 3.21. The molecule has 0 spiro atoms. The Balaban J connectivity index is 1.37. The van der Waals surface area contributed by atoms with Crippen molar-refractivity contribution in [2.45, 2.75) is 24.7 Å². The molecule has 8 heteroatoms. The highest BCUT2D eigenvalue weighted by Crippen LogP contribution is 2.28. The van der Waals surface area contributed by atoms with Gasteiger partial charge >= 0.3 is 0 Å². The highest BCUT2D eigenvalue weighted by Gasteiger charge is 2.35. The molecule has 2 aromatic rings. The first-order chi connectivity index (χ1) is 12.1. The van der Waals surface area contributed by atoms with E-state index in [0.717, 1.165) is 23.1 Å². The second kappa shape index (κ2) is 6.44. The summed E-state index contributed by atoms with van der Waals surface area (Å²) in [4.78, 5) is 30.6. The van der Waals surface area contributed by atoms with Crippen molar-refractivity contribution in [3.05, 3.63) is 36.2 Å². The van der Waals surface area contributed by atoms with Crippen LogP contribution in [0, 0.1) is 5.92 Å². The van der Waals surface area contributed by atoms with Crippen LogP contribution < -0.4 is 10.2 Å². The Morgan fingerprint density at radius 2 is 2.32 bits per heavy atom. The number of carbonyl (C=O) groups excluding carboxylic acids is 2. The summed E-state index contributed by atoms with van der Waals surface area (Å²) >= 11 is 1.72. The number of hydrogen-bond acceptors (Lipinski definition) is 5.